The average molecular weight is 453 g/mol. The average Bonchev–Trinajstić information content (AvgIpc) is 3.13. The van der Waals surface area contributed by atoms with E-state index in [4.69, 9.17) is 0 Å². The Bertz CT molecular complexity index is 1100. The molecule has 2 heterocycles. The standard InChI is InChI=1S/C27H27F3N2O/c28-19-5-3-18(4-6-19)27(33)2-1-14-31-15-13-26-24(17-31)23-16-21(30)9-12-25(23)32(26)22-10-7-20(29)8-11-22/h3-12,16,24,26-27,33H,1-2,13-15,17H2. The predicted molar refractivity (Wildman–Crippen MR) is 123 cm³/mol. The van der Waals surface area contributed by atoms with Gasteiger partial charge in [0, 0.05) is 36.4 Å². The second-order valence-electron chi connectivity index (χ2n) is 9.02. The van der Waals surface area contributed by atoms with Gasteiger partial charge in [-0.3, -0.25) is 0 Å². The Morgan fingerprint density at radius 3 is 2.27 bits per heavy atom. The highest BCUT2D eigenvalue weighted by atomic mass is 19.1. The van der Waals surface area contributed by atoms with Crippen molar-refractivity contribution in [1.29, 1.82) is 0 Å². The molecule has 33 heavy (non-hydrogen) atoms. The zero-order valence-electron chi connectivity index (χ0n) is 18.3. The van der Waals surface area contributed by atoms with Crippen LogP contribution in [0.15, 0.2) is 66.7 Å². The van der Waals surface area contributed by atoms with Crippen LogP contribution in [0.4, 0.5) is 24.5 Å². The molecule has 3 aromatic carbocycles. The van der Waals surface area contributed by atoms with Crippen molar-refractivity contribution >= 4 is 11.4 Å². The molecule has 1 fully saturated rings. The molecular weight excluding hydrogens is 425 g/mol. The van der Waals surface area contributed by atoms with E-state index in [1.807, 2.05) is 6.07 Å². The number of benzene rings is 3. The van der Waals surface area contributed by atoms with E-state index in [0.717, 1.165) is 55.0 Å². The van der Waals surface area contributed by atoms with E-state index in [1.165, 1.54) is 30.3 Å². The third-order valence-corrected chi connectivity index (χ3v) is 6.95. The first kappa shape index (κ1) is 22.0. The van der Waals surface area contributed by atoms with Crippen LogP contribution < -0.4 is 4.90 Å². The number of rotatable bonds is 6. The minimum Gasteiger partial charge on any atom is -0.388 e. The predicted octanol–water partition coefficient (Wildman–Crippen LogP) is 5.93. The molecule has 3 aromatic rings. The number of anilines is 2. The van der Waals surface area contributed by atoms with Crippen LogP contribution in [-0.4, -0.2) is 35.7 Å². The van der Waals surface area contributed by atoms with Gasteiger partial charge >= 0.3 is 0 Å². The maximum atomic E-state index is 14.1. The summed E-state index contributed by atoms with van der Waals surface area (Å²) in [6, 6.07) is 17.6. The van der Waals surface area contributed by atoms with Crippen LogP contribution in [0.1, 0.15) is 42.4 Å². The molecule has 6 heteroatoms. The van der Waals surface area contributed by atoms with Crippen molar-refractivity contribution in [2.75, 3.05) is 24.5 Å². The number of hydrogen-bond donors (Lipinski definition) is 1. The fourth-order valence-corrected chi connectivity index (χ4v) is 5.34. The number of likely N-dealkylation sites (tertiary alicyclic amines) is 1. The van der Waals surface area contributed by atoms with Crippen LogP contribution >= 0.6 is 0 Å². The number of aliphatic hydroxyl groups is 1. The van der Waals surface area contributed by atoms with Gasteiger partial charge in [0.15, 0.2) is 0 Å². The molecule has 3 atom stereocenters. The molecule has 0 aliphatic carbocycles. The Labute approximate surface area is 192 Å². The first-order valence-corrected chi connectivity index (χ1v) is 11.5. The lowest BCUT2D eigenvalue weighted by Gasteiger charge is -2.39. The molecular formula is C27H27F3N2O. The van der Waals surface area contributed by atoms with Crippen LogP contribution in [0.5, 0.6) is 0 Å². The Morgan fingerprint density at radius 1 is 0.879 bits per heavy atom. The number of fused-ring (bicyclic) bond motifs is 3. The lowest BCUT2D eigenvalue weighted by atomic mass is 9.88. The minimum atomic E-state index is -0.613. The van der Waals surface area contributed by atoms with E-state index in [2.05, 4.69) is 9.80 Å². The number of halogens is 3. The third kappa shape index (κ3) is 4.50. The summed E-state index contributed by atoms with van der Waals surface area (Å²) in [5.74, 6) is -0.659. The summed E-state index contributed by atoms with van der Waals surface area (Å²) < 4.78 is 40.7. The van der Waals surface area contributed by atoms with E-state index in [1.54, 1.807) is 30.3 Å². The molecule has 3 unspecified atom stereocenters. The van der Waals surface area contributed by atoms with Crippen LogP contribution in [0.25, 0.3) is 0 Å². The molecule has 0 radical (unpaired) electrons. The SMILES string of the molecule is OC(CCCN1CCC2C(C1)c1cc(F)ccc1N2c1ccc(F)cc1)c1ccc(F)cc1. The first-order chi connectivity index (χ1) is 16.0. The van der Waals surface area contributed by atoms with Crippen LogP contribution in [0.2, 0.25) is 0 Å². The highest BCUT2D eigenvalue weighted by Crippen LogP contribution is 2.48. The Hall–Kier alpha value is -2.83. The number of piperidine rings is 1. The molecule has 0 bridgehead atoms. The zero-order valence-corrected chi connectivity index (χ0v) is 18.3. The van der Waals surface area contributed by atoms with Gasteiger partial charge in [0.2, 0.25) is 0 Å². The van der Waals surface area contributed by atoms with Gasteiger partial charge in [-0.15, -0.1) is 0 Å². The van der Waals surface area contributed by atoms with Gasteiger partial charge in [0.1, 0.15) is 17.5 Å². The fourth-order valence-electron chi connectivity index (χ4n) is 5.34. The van der Waals surface area contributed by atoms with Gasteiger partial charge in [-0.2, -0.15) is 0 Å². The first-order valence-electron chi connectivity index (χ1n) is 11.5. The normalized spacial score (nSPS) is 21.0. The van der Waals surface area contributed by atoms with Gasteiger partial charge in [0.05, 0.1) is 6.10 Å². The Kier molecular flexibility index (Phi) is 6.13. The van der Waals surface area contributed by atoms with Gasteiger partial charge in [-0.05, 0) is 91.5 Å². The van der Waals surface area contributed by atoms with E-state index in [9.17, 15) is 18.3 Å². The molecule has 0 saturated carbocycles. The largest absolute Gasteiger partial charge is 0.388 e. The summed E-state index contributed by atoms with van der Waals surface area (Å²) >= 11 is 0. The van der Waals surface area contributed by atoms with Crippen LogP contribution in [-0.2, 0) is 0 Å². The topological polar surface area (TPSA) is 26.7 Å². The quantitative estimate of drug-likeness (QED) is 0.502. The smallest absolute Gasteiger partial charge is 0.123 e. The molecule has 2 aliphatic rings. The Morgan fingerprint density at radius 2 is 1.55 bits per heavy atom. The molecule has 1 N–H and O–H groups in total. The van der Waals surface area contributed by atoms with Gasteiger partial charge in [-0.25, -0.2) is 13.2 Å². The van der Waals surface area contributed by atoms with Gasteiger partial charge in [0.25, 0.3) is 0 Å². The van der Waals surface area contributed by atoms with E-state index >= 15 is 0 Å². The highest BCUT2D eigenvalue weighted by molar-refractivity contribution is 5.73. The monoisotopic (exact) mass is 452 g/mol. The summed E-state index contributed by atoms with van der Waals surface area (Å²) in [7, 11) is 0. The Balaban J connectivity index is 1.27. The van der Waals surface area contributed by atoms with Crippen LogP contribution in [0, 0.1) is 17.5 Å². The number of nitrogens with zero attached hydrogens (tertiary/aromatic N) is 2. The molecule has 0 amide bonds. The summed E-state index contributed by atoms with van der Waals surface area (Å²) in [5, 5.41) is 10.4. The molecule has 2 aliphatic heterocycles. The molecule has 0 spiro atoms. The van der Waals surface area contributed by atoms with Gasteiger partial charge < -0.3 is 14.9 Å². The van der Waals surface area contributed by atoms with Crippen molar-refractivity contribution in [3.8, 4) is 0 Å². The minimum absolute atomic E-state index is 0.163. The second-order valence-corrected chi connectivity index (χ2v) is 9.02. The molecule has 5 rings (SSSR count). The molecule has 0 aromatic heterocycles. The highest BCUT2D eigenvalue weighted by Gasteiger charge is 2.42. The summed E-state index contributed by atoms with van der Waals surface area (Å²) in [5.41, 5.74) is 3.64. The van der Waals surface area contributed by atoms with E-state index in [-0.39, 0.29) is 29.4 Å². The molecule has 172 valence electrons. The zero-order chi connectivity index (χ0) is 22.9. The third-order valence-electron chi connectivity index (χ3n) is 6.95. The maximum absolute atomic E-state index is 14.1. The van der Waals surface area contributed by atoms with E-state index in [0.29, 0.717) is 6.42 Å². The number of aliphatic hydroxyl groups excluding tert-OH is 1. The summed E-state index contributed by atoms with van der Waals surface area (Å²) in [4.78, 5) is 4.61. The van der Waals surface area contributed by atoms with Crippen LogP contribution in [0.3, 0.4) is 0 Å². The second kappa shape index (κ2) is 9.20. The van der Waals surface area contributed by atoms with Crippen molar-refractivity contribution in [2.45, 2.75) is 37.3 Å². The van der Waals surface area contributed by atoms with E-state index < -0.39 is 6.10 Å². The summed E-state index contributed by atoms with van der Waals surface area (Å²) in [6.07, 6.45) is 1.72. The number of hydrogen-bond acceptors (Lipinski definition) is 3. The van der Waals surface area contributed by atoms with Gasteiger partial charge in [-0.1, -0.05) is 12.1 Å². The van der Waals surface area contributed by atoms with Crippen molar-refractivity contribution in [3.63, 3.8) is 0 Å². The molecule has 3 nitrogen and oxygen atoms in total. The maximum Gasteiger partial charge on any atom is 0.123 e. The summed E-state index contributed by atoms with van der Waals surface area (Å²) in [6.45, 7) is 2.55. The van der Waals surface area contributed by atoms with Crippen molar-refractivity contribution in [2.24, 2.45) is 0 Å². The van der Waals surface area contributed by atoms with Crippen molar-refractivity contribution in [3.05, 3.63) is 95.3 Å². The lowest BCUT2D eigenvalue weighted by Crippen LogP contribution is -2.45. The molecule has 1 saturated heterocycles. The van der Waals surface area contributed by atoms with Crippen molar-refractivity contribution in [1.82, 2.24) is 4.90 Å². The fraction of sp³-hybridized carbons (Fsp3) is 0.333. The lowest BCUT2D eigenvalue weighted by molar-refractivity contribution is 0.145. The van der Waals surface area contributed by atoms with Crippen molar-refractivity contribution < 1.29 is 18.3 Å².